The molecule has 0 saturated carbocycles. The molecule has 0 aliphatic carbocycles. The molecule has 0 fully saturated rings. The predicted molar refractivity (Wildman–Crippen MR) is 128 cm³/mol. The zero-order valence-electron chi connectivity index (χ0n) is 18.4. The molecule has 178 valence electrons. The molecule has 0 amide bonds. The molecular weight excluding hydrogens is 456 g/mol. The van der Waals surface area contributed by atoms with Crippen LogP contribution in [-0.2, 0) is 6.54 Å². The monoisotopic (exact) mass is 476 g/mol. The molecule has 0 radical (unpaired) electrons. The topological polar surface area (TPSA) is 173 Å². The van der Waals surface area contributed by atoms with Gasteiger partial charge in [-0.15, -0.1) is 0 Å². The van der Waals surface area contributed by atoms with E-state index >= 15 is 0 Å². The highest BCUT2D eigenvalue weighted by Gasteiger charge is 2.15. The number of ether oxygens (including phenoxy) is 1. The zero-order valence-corrected chi connectivity index (χ0v) is 18.4. The number of phenols is 1. The van der Waals surface area contributed by atoms with E-state index < -0.39 is 16.4 Å². The SMILES string of the molecule is COc1ccc(Nc2nc(NCc3ccoc3)nc(NN=Cc3cccc([N+](=O)[O-])c3O)n2)cc1. The van der Waals surface area contributed by atoms with Crippen LogP contribution in [0.25, 0.3) is 0 Å². The molecule has 0 unspecified atom stereocenters. The fraction of sp³-hybridized carbons (Fsp3) is 0.0909. The van der Waals surface area contributed by atoms with Gasteiger partial charge in [0.05, 0.1) is 30.8 Å². The first-order valence-electron chi connectivity index (χ1n) is 10.2. The number of anilines is 4. The van der Waals surface area contributed by atoms with Crippen LogP contribution in [0.1, 0.15) is 11.1 Å². The van der Waals surface area contributed by atoms with Gasteiger partial charge in [0.2, 0.25) is 23.6 Å². The molecule has 0 saturated heterocycles. The molecule has 0 aliphatic heterocycles. The third-order valence-corrected chi connectivity index (χ3v) is 4.62. The predicted octanol–water partition coefficient (Wildman–Crippen LogP) is 3.89. The summed E-state index contributed by atoms with van der Waals surface area (Å²) >= 11 is 0. The van der Waals surface area contributed by atoms with E-state index in [0.29, 0.717) is 18.0 Å². The van der Waals surface area contributed by atoms with Crippen molar-refractivity contribution in [1.29, 1.82) is 0 Å². The molecule has 4 N–H and O–H groups in total. The summed E-state index contributed by atoms with van der Waals surface area (Å²) in [5.74, 6) is 0.786. The minimum Gasteiger partial charge on any atom is -0.502 e. The summed E-state index contributed by atoms with van der Waals surface area (Å²) in [5.41, 5.74) is 3.99. The van der Waals surface area contributed by atoms with Crippen molar-refractivity contribution in [3.8, 4) is 11.5 Å². The van der Waals surface area contributed by atoms with E-state index in [1.54, 1.807) is 50.0 Å². The molecule has 0 spiro atoms. The third kappa shape index (κ3) is 5.98. The number of benzene rings is 2. The van der Waals surface area contributed by atoms with Gasteiger partial charge in [0, 0.05) is 29.4 Å². The number of aromatic hydroxyl groups is 1. The second-order valence-electron chi connectivity index (χ2n) is 6.99. The fourth-order valence-corrected chi connectivity index (χ4v) is 2.90. The Balaban J connectivity index is 1.55. The van der Waals surface area contributed by atoms with E-state index in [2.05, 4.69) is 36.1 Å². The third-order valence-electron chi connectivity index (χ3n) is 4.62. The van der Waals surface area contributed by atoms with Crippen molar-refractivity contribution < 1.29 is 19.2 Å². The van der Waals surface area contributed by atoms with Gasteiger partial charge in [-0.05, 0) is 36.4 Å². The summed E-state index contributed by atoms with van der Waals surface area (Å²) in [6, 6.07) is 13.1. The molecule has 2 aromatic heterocycles. The van der Waals surface area contributed by atoms with Crippen molar-refractivity contribution in [2.45, 2.75) is 6.54 Å². The number of methoxy groups -OCH3 is 1. The summed E-state index contributed by atoms with van der Waals surface area (Å²) in [5, 5.41) is 31.2. The molecule has 0 aliphatic rings. The van der Waals surface area contributed by atoms with E-state index in [0.717, 1.165) is 5.56 Å². The van der Waals surface area contributed by atoms with E-state index in [-0.39, 0.29) is 23.4 Å². The maximum atomic E-state index is 11.0. The van der Waals surface area contributed by atoms with Crippen molar-refractivity contribution in [2.75, 3.05) is 23.2 Å². The summed E-state index contributed by atoms with van der Waals surface area (Å²) < 4.78 is 10.2. The summed E-state index contributed by atoms with van der Waals surface area (Å²) in [4.78, 5) is 23.3. The Kier molecular flexibility index (Phi) is 6.97. The van der Waals surface area contributed by atoms with Gasteiger partial charge in [-0.1, -0.05) is 6.07 Å². The lowest BCUT2D eigenvalue weighted by atomic mass is 10.2. The molecule has 2 heterocycles. The van der Waals surface area contributed by atoms with Crippen LogP contribution in [-0.4, -0.2) is 38.3 Å². The van der Waals surface area contributed by atoms with Crippen molar-refractivity contribution >= 4 is 35.4 Å². The Morgan fingerprint density at radius 3 is 2.60 bits per heavy atom. The van der Waals surface area contributed by atoms with Gasteiger partial charge < -0.3 is 24.9 Å². The highest BCUT2D eigenvalue weighted by Crippen LogP contribution is 2.28. The minimum atomic E-state index is -0.679. The number of nitrogens with zero attached hydrogens (tertiary/aromatic N) is 5. The van der Waals surface area contributed by atoms with Crippen LogP contribution in [0.3, 0.4) is 0 Å². The fourth-order valence-electron chi connectivity index (χ4n) is 2.90. The molecule has 13 nitrogen and oxygen atoms in total. The summed E-state index contributed by atoms with van der Waals surface area (Å²) in [7, 11) is 1.58. The molecule has 13 heteroatoms. The van der Waals surface area contributed by atoms with Crippen molar-refractivity contribution in [1.82, 2.24) is 15.0 Å². The highest BCUT2D eigenvalue weighted by molar-refractivity contribution is 5.85. The smallest absolute Gasteiger partial charge is 0.311 e. The first kappa shape index (κ1) is 23.0. The van der Waals surface area contributed by atoms with Crippen LogP contribution < -0.4 is 20.8 Å². The second kappa shape index (κ2) is 10.6. The van der Waals surface area contributed by atoms with Crippen molar-refractivity contribution in [3.05, 3.63) is 82.3 Å². The van der Waals surface area contributed by atoms with Crippen LogP contribution >= 0.6 is 0 Å². The molecule has 0 atom stereocenters. The number of nitrogens with one attached hydrogen (secondary N) is 3. The lowest BCUT2D eigenvalue weighted by Gasteiger charge is -2.10. The molecule has 4 aromatic rings. The lowest BCUT2D eigenvalue weighted by molar-refractivity contribution is -0.385. The number of rotatable bonds is 10. The van der Waals surface area contributed by atoms with Crippen LogP contribution in [0.15, 0.2) is 70.6 Å². The number of para-hydroxylation sites is 1. The Hall–Kier alpha value is -5.20. The number of nitro groups is 1. The minimum absolute atomic E-state index is 0.0897. The summed E-state index contributed by atoms with van der Waals surface area (Å²) in [6.07, 6.45) is 4.38. The van der Waals surface area contributed by atoms with E-state index in [1.807, 2.05) is 0 Å². The zero-order chi connectivity index (χ0) is 24.6. The summed E-state index contributed by atoms with van der Waals surface area (Å²) in [6.45, 7) is 0.409. The van der Waals surface area contributed by atoms with Crippen LogP contribution in [0.5, 0.6) is 11.5 Å². The number of hydrazone groups is 1. The number of phenolic OH excluding ortho intramolecular Hbond substituents is 1. The Bertz CT molecular complexity index is 1330. The van der Waals surface area contributed by atoms with Gasteiger partial charge in [-0.3, -0.25) is 10.1 Å². The van der Waals surface area contributed by atoms with E-state index in [4.69, 9.17) is 9.15 Å². The number of aromatic nitrogens is 3. The molecule has 4 rings (SSSR count). The molecule has 2 aromatic carbocycles. The average molecular weight is 476 g/mol. The Morgan fingerprint density at radius 1 is 1.11 bits per heavy atom. The van der Waals surface area contributed by atoms with Gasteiger partial charge in [0.25, 0.3) is 0 Å². The van der Waals surface area contributed by atoms with Gasteiger partial charge in [-0.2, -0.15) is 20.1 Å². The number of hydrogen-bond acceptors (Lipinski definition) is 12. The Labute approximate surface area is 198 Å². The first-order valence-corrected chi connectivity index (χ1v) is 10.2. The largest absolute Gasteiger partial charge is 0.502 e. The van der Waals surface area contributed by atoms with Crippen LogP contribution in [0.2, 0.25) is 0 Å². The quantitative estimate of drug-likeness (QED) is 0.148. The number of furan rings is 1. The number of nitro benzene ring substituents is 1. The van der Waals surface area contributed by atoms with E-state index in [9.17, 15) is 15.2 Å². The maximum Gasteiger partial charge on any atom is 0.311 e. The van der Waals surface area contributed by atoms with Crippen molar-refractivity contribution in [3.63, 3.8) is 0 Å². The molecule has 0 bridgehead atoms. The van der Waals surface area contributed by atoms with Gasteiger partial charge in [0.1, 0.15) is 5.75 Å². The second-order valence-corrected chi connectivity index (χ2v) is 6.99. The molecular formula is C22H20N8O5. The standard InChI is InChI=1S/C22H20N8O5/c1-34-17-7-5-16(6-8-17)25-21-26-20(23-11-14-9-10-35-13-14)27-22(28-21)29-24-12-15-3-2-4-18(19(15)31)30(32)33/h2-10,12-13,31H,11H2,1H3,(H3,23,25,26,27,28,29). The van der Waals surface area contributed by atoms with Gasteiger partial charge in [0.15, 0.2) is 0 Å². The van der Waals surface area contributed by atoms with Crippen molar-refractivity contribution in [2.24, 2.45) is 5.10 Å². The van der Waals surface area contributed by atoms with Gasteiger partial charge >= 0.3 is 5.69 Å². The van der Waals surface area contributed by atoms with E-state index in [1.165, 1.54) is 24.4 Å². The molecule has 35 heavy (non-hydrogen) atoms. The average Bonchev–Trinajstić information content (AvgIpc) is 3.38. The van der Waals surface area contributed by atoms with Crippen LogP contribution in [0.4, 0.5) is 29.2 Å². The highest BCUT2D eigenvalue weighted by atomic mass is 16.6. The normalized spacial score (nSPS) is 10.8. The lowest BCUT2D eigenvalue weighted by Crippen LogP contribution is -2.09. The van der Waals surface area contributed by atoms with Gasteiger partial charge in [-0.25, -0.2) is 5.43 Å². The maximum absolute atomic E-state index is 11.0. The Morgan fingerprint density at radius 2 is 1.89 bits per heavy atom. The first-order chi connectivity index (χ1) is 17.0. The number of hydrogen-bond donors (Lipinski definition) is 4. The van der Waals surface area contributed by atoms with Crippen LogP contribution in [0, 0.1) is 10.1 Å².